The molecular weight excluding hydrogens is 388 g/mol. The maximum Gasteiger partial charge on any atom is 0.241 e. The Morgan fingerprint density at radius 3 is 2.37 bits per heavy atom. The van der Waals surface area contributed by atoms with E-state index in [4.69, 9.17) is 16.3 Å². The lowest BCUT2D eigenvalue weighted by Crippen LogP contribution is -2.41. The van der Waals surface area contributed by atoms with Crippen LogP contribution in [0.3, 0.4) is 0 Å². The molecule has 0 radical (unpaired) electrons. The molecule has 0 fully saturated rings. The third-order valence-corrected chi connectivity index (χ3v) is 5.32. The number of benzene rings is 2. The zero-order chi connectivity index (χ0) is 20.0. The number of ether oxygens (including phenoxy) is 1. The van der Waals surface area contributed by atoms with E-state index in [1.54, 1.807) is 24.3 Å². The monoisotopic (exact) mass is 410 g/mol. The van der Waals surface area contributed by atoms with Crippen LogP contribution in [0.2, 0.25) is 5.02 Å². The molecule has 2 aromatic carbocycles. The molecule has 0 aliphatic heterocycles. The van der Waals surface area contributed by atoms with Crippen molar-refractivity contribution in [3.05, 3.63) is 59.1 Å². The molecule has 1 atom stereocenters. The fourth-order valence-electron chi connectivity index (χ4n) is 2.56. The SMILES string of the molecule is CCOc1ccc([C@H](C)NC(=O)CN(c2ccccc2Cl)S(C)(=O)=O)cc1. The number of amides is 1. The van der Waals surface area contributed by atoms with Gasteiger partial charge in [0, 0.05) is 0 Å². The van der Waals surface area contributed by atoms with Crippen molar-refractivity contribution in [3.8, 4) is 5.75 Å². The van der Waals surface area contributed by atoms with Crippen LogP contribution < -0.4 is 14.4 Å². The lowest BCUT2D eigenvalue weighted by molar-refractivity contribution is -0.120. The van der Waals surface area contributed by atoms with Gasteiger partial charge >= 0.3 is 0 Å². The molecule has 1 amide bonds. The number of para-hydroxylation sites is 1. The number of halogens is 1. The molecule has 2 rings (SSSR count). The molecule has 0 heterocycles. The van der Waals surface area contributed by atoms with Crippen molar-refractivity contribution in [1.29, 1.82) is 0 Å². The highest BCUT2D eigenvalue weighted by atomic mass is 35.5. The van der Waals surface area contributed by atoms with Gasteiger partial charge in [-0.2, -0.15) is 0 Å². The molecule has 146 valence electrons. The zero-order valence-corrected chi connectivity index (χ0v) is 17.0. The second kappa shape index (κ2) is 9.10. The van der Waals surface area contributed by atoms with Gasteiger partial charge in [-0.1, -0.05) is 35.9 Å². The van der Waals surface area contributed by atoms with Crippen LogP contribution in [0.5, 0.6) is 5.75 Å². The standard InChI is InChI=1S/C19H23ClN2O4S/c1-4-26-16-11-9-15(10-12-16)14(2)21-19(23)13-22(27(3,24)25)18-8-6-5-7-17(18)20/h5-12,14H,4,13H2,1-3H3,(H,21,23)/t14-/m0/s1. The number of anilines is 1. The predicted octanol–water partition coefficient (Wildman–Crippen LogP) is 3.38. The molecule has 0 spiro atoms. The number of nitrogens with one attached hydrogen (secondary N) is 1. The van der Waals surface area contributed by atoms with Gasteiger partial charge < -0.3 is 10.1 Å². The van der Waals surface area contributed by atoms with Gasteiger partial charge in [-0.05, 0) is 43.7 Å². The van der Waals surface area contributed by atoms with Gasteiger partial charge in [-0.3, -0.25) is 9.10 Å². The van der Waals surface area contributed by atoms with Crippen molar-refractivity contribution in [2.45, 2.75) is 19.9 Å². The first-order chi connectivity index (χ1) is 12.7. The number of hydrogen-bond acceptors (Lipinski definition) is 4. The summed E-state index contributed by atoms with van der Waals surface area (Å²) < 4.78 is 30.7. The van der Waals surface area contributed by atoms with Crippen LogP contribution in [0.25, 0.3) is 0 Å². The third kappa shape index (κ3) is 5.87. The topological polar surface area (TPSA) is 75.7 Å². The van der Waals surface area contributed by atoms with Gasteiger partial charge in [0.1, 0.15) is 12.3 Å². The van der Waals surface area contributed by atoms with Crippen LogP contribution in [0, 0.1) is 0 Å². The van der Waals surface area contributed by atoms with Crippen LogP contribution in [0.15, 0.2) is 48.5 Å². The molecule has 0 saturated heterocycles. The van der Waals surface area contributed by atoms with Gasteiger partial charge in [-0.15, -0.1) is 0 Å². The molecule has 6 nitrogen and oxygen atoms in total. The summed E-state index contributed by atoms with van der Waals surface area (Å²) in [5.74, 6) is 0.323. The summed E-state index contributed by atoms with van der Waals surface area (Å²) in [6.45, 7) is 3.95. The average molecular weight is 411 g/mol. The van der Waals surface area contributed by atoms with E-state index in [0.29, 0.717) is 6.61 Å². The average Bonchev–Trinajstić information content (AvgIpc) is 2.60. The van der Waals surface area contributed by atoms with E-state index in [0.717, 1.165) is 21.9 Å². The Kier molecular flexibility index (Phi) is 7.10. The van der Waals surface area contributed by atoms with Crippen molar-refractivity contribution in [1.82, 2.24) is 5.32 Å². The quantitative estimate of drug-likeness (QED) is 0.723. The van der Waals surface area contributed by atoms with Crippen molar-refractivity contribution < 1.29 is 17.9 Å². The largest absolute Gasteiger partial charge is 0.494 e. The number of carbonyl (C=O) groups is 1. The van der Waals surface area contributed by atoms with Crippen molar-refractivity contribution in [2.24, 2.45) is 0 Å². The highest BCUT2D eigenvalue weighted by molar-refractivity contribution is 7.92. The van der Waals surface area contributed by atoms with Gasteiger partial charge in [0.15, 0.2) is 0 Å². The minimum absolute atomic E-state index is 0.260. The van der Waals surface area contributed by atoms with E-state index in [1.165, 1.54) is 0 Å². The molecule has 2 aromatic rings. The molecule has 1 N–H and O–H groups in total. The lowest BCUT2D eigenvalue weighted by atomic mass is 10.1. The summed E-state index contributed by atoms with van der Waals surface area (Å²) in [5.41, 5.74) is 1.15. The Bertz CT molecular complexity index is 885. The van der Waals surface area contributed by atoms with E-state index in [1.807, 2.05) is 38.1 Å². The summed E-state index contributed by atoms with van der Waals surface area (Å²) in [4.78, 5) is 12.5. The lowest BCUT2D eigenvalue weighted by Gasteiger charge is -2.24. The molecule has 0 unspecified atom stereocenters. The number of sulfonamides is 1. The van der Waals surface area contributed by atoms with E-state index >= 15 is 0 Å². The number of nitrogens with zero attached hydrogens (tertiary/aromatic N) is 1. The van der Waals surface area contributed by atoms with Crippen LogP contribution >= 0.6 is 11.6 Å². The van der Waals surface area contributed by atoms with Crippen LogP contribution in [0.4, 0.5) is 5.69 Å². The number of hydrogen-bond donors (Lipinski definition) is 1. The first-order valence-corrected chi connectivity index (χ1v) is 10.7. The van der Waals surface area contributed by atoms with Crippen LogP contribution in [-0.2, 0) is 14.8 Å². The summed E-state index contributed by atoms with van der Waals surface area (Å²) in [6.07, 6.45) is 1.04. The second-order valence-corrected chi connectivity index (χ2v) is 8.33. The van der Waals surface area contributed by atoms with E-state index in [-0.39, 0.29) is 23.3 Å². The number of carbonyl (C=O) groups excluding carboxylic acids is 1. The zero-order valence-electron chi connectivity index (χ0n) is 15.5. The Hall–Kier alpha value is -2.25. The van der Waals surface area contributed by atoms with Gasteiger partial charge in [-0.25, -0.2) is 8.42 Å². The van der Waals surface area contributed by atoms with Gasteiger partial charge in [0.2, 0.25) is 15.9 Å². The minimum Gasteiger partial charge on any atom is -0.494 e. The summed E-state index contributed by atoms with van der Waals surface area (Å²) in [7, 11) is -3.68. The highest BCUT2D eigenvalue weighted by Gasteiger charge is 2.23. The summed E-state index contributed by atoms with van der Waals surface area (Å²) in [5, 5.41) is 3.07. The molecule has 8 heteroatoms. The van der Waals surface area contributed by atoms with Crippen molar-refractivity contribution in [3.63, 3.8) is 0 Å². The van der Waals surface area contributed by atoms with Gasteiger partial charge in [0.25, 0.3) is 0 Å². The Balaban J connectivity index is 2.10. The first kappa shape index (κ1) is 21.1. The molecule has 0 saturated carbocycles. The Labute approximate surface area is 165 Å². The maximum atomic E-state index is 12.5. The van der Waals surface area contributed by atoms with E-state index < -0.39 is 15.9 Å². The normalized spacial score (nSPS) is 12.3. The highest BCUT2D eigenvalue weighted by Crippen LogP contribution is 2.27. The smallest absolute Gasteiger partial charge is 0.241 e. The van der Waals surface area contributed by atoms with E-state index in [9.17, 15) is 13.2 Å². The Morgan fingerprint density at radius 1 is 1.19 bits per heavy atom. The third-order valence-electron chi connectivity index (χ3n) is 3.88. The fraction of sp³-hybridized carbons (Fsp3) is 0.316. The summed E-state index contributed by atoms with van der Waals surface area (Å²) in [6, 6.07) is 13.6. The van der Waals surface area contributed by atoms with Crippen LogP contribution in [0.1, 0.15) is 25.5 Å². The minimum atomic E-state index is -3.68. The van der Waals surface area contributed by atoms with Crippen molar-refractivity contribution in [2.75, 3.05) is 23.7 Å². The molecule has 27 heavy (non-hydrogen) atoms. The molecule has 0 aliphatic rings. The first-order valence-electron chi connectivity index (χ1n) is 8.46. The molecule has 0 aliphatic carbocycles. The van der Waals surface area contributed by atoms with Gasteiger partial charge in [0.05, 0.1) is 29.6 Å². The second-order valence-electron chi connectivity index (χ2n) is 6.01. The molecule has 0 aromatic heterocycles. The summed E-state index contributed by atoms with van der Waals surface area (Å²) >= 11 is 6.10. The van der Waals surface area contributed by atoms with Crippen LogP contribution in [-0.4, -0.2) is 33.7 Å². The molecule has 0 bridgehead atoms. The fourth-order valence-corrected chi connectivity index (χ4v) is 3.71. The van der Waals surface area contributed by atoms with Crippen molar-refractivity contribution >= 4 is 33.2 Å². The van der Waals surface area contributed by atoms with E-state index in [2.05, 4.69) is 5.32 Å². The maximum absolute atomic E-state index is 12.5. The predicted molar refractivity (Wildman–Crippen MR) is 108 cm³/mol. The molecular formula is C19H23ClN2O4S. The Morgan fingerprint density at radius 2 is 1.81 bits per heavy atom. The number of rotatable bonds is 8.